The number of oxime groups is 1. The van der Waals surface area contributed by atoms with Crippen LogP contribution in [0.15, 0.2) is 53.7 Å². The molecule has 6 nitrogen and oxygen atoms in total. The van der Waals surface area contributed by atoms with E-state index in [0.717, 1.165) is 11.1 Å². The zero-order valence-electron chi connectivity index (χ0n) is 10.4. The third-order valence-electron chi connectivity index (χ3n) is 2.86. The Balaban J connectivity index is 2.28. The highest BCUT2D eigenvalue weighted by Gasteiger charge is 2.03. The van der Waals surface area contributed by atoms with Gasteiger partial charge < -0.3 is 21.6 Å². The summed E-state index contributed by atoms with van der Waals surface area (Å²) in [7, 11) is 0. The van der Waals surface area contributed by atoms with Crippen LogP contribution in [0.25, 0.3) is 11.1 Å². The van der Waals surface area contributed by atoms with Crippen LogP contribution in [0, 0.1) is 5.21 Å². The minimum Gasteiger partial charge on any atom is -0.760 e. The van der Waals surface area contributed by atoms with E-state index < -0.39 is 5.91 Å². The summed E-state index contributed by atoms with van der Waals surface area (Å²) in [6, 6.07) is 13.7. The van der Waals surface area contributed by atoms with E-state index in [1.807, 2.05) is 0 Å². The number of benzene rings is 2. The highest BCUT2D eigenvalue weighted by atomic mass is 16.5. The third kappa shape index (κ3) is 2.76. The summed E-state index contributed by atoms with van der Waals surface area (Å²) in [5, 5.41) is 22.0. The first kappa shape index (κ1) is 13.6. The topological polar surface area (TPSA) is 111 Å². The van der Waals surface area contributed by atoms with E-state index in [2.05, 4.69) is 5.16 Å². The molecule has 0 saturated carbocycles. The Morgan fingerprint density at radius 2 is 1.45 bits per heavy atom. The number of carbonyl (C=O) groups excluding carboxylic acids is 1. The van der Waals surface area contributed by atoms with E-state index >= 15 is 0 Å². The number of carbonyl (C=O) groups is 1. The maximum atomic E-state index is 11.0. The number of nitrogens with zero attached hydrogens (tertiary/aromatic N) is 1. The molecule has 6 heteroatoms. The van der Waals surface area contributed by atoms with Gasteiger partial charge in [0.25, 0.3) is 0 Å². The maximum absolute atomic E-state index is 11.0. The Kier molecular flexibility index (Phi) is 3.97. The highest BCUT2D eigenvalue weighted by Crippen LogP contribution is 2.20. The van der Waals surface area contributed by atoms with Crippen molar-refractivity contribution < 1.29 is 10.0 Å². The van der Waals surface area contributed by atoms with Gasteiger partial charge in [-0.1, -0.05) is 41.6 Å². The second kappa shape index (κ2) is 5.85. The van der Waals surface area contributed by atoms with E-state index in [1.54, 1.807) is 54.0 Å². The van der Waals surface area contributed by atoms with Crippen molar-refractivity contribution in [3.63, 3.8) is 0 Å². The van der Waals surface area contributed by atoms with Crippen molar-refractivity contribution in [1.29, 1.82) is 0 Å². The lowest BCUT2D eigenvalue weighted by atomic mass is 10.0. The van der Waals surface area contributed by atoms with Crippen molar-refractivity contribution in [2.24, 2.45) is 10.9 Å². The predicted octanol–water partition coefficient (Wildman–Crippen LogP) is 1.68. The van der Waals surface area contributed by atoms with Crippen LogP contribution in [0.2, 0.25) is 0 Å². The molecule has 2 aromatic rings. The van der Waals surface area contributed by atoms with Crippen LogP contribution in [-0.2, 0) is 0 Å². The number of rotatable bonds is 3. The normalized spacial score (nSPS) is 11.2. The van der Waals surface area contributed by atoms with Gasteiger partial charge in [0.15, 0.2) is 5.84 Å². The fourth-order valence-corrected chi connectivity index (χ4v) is 1.78. The molecule has 0 heterocycles. The van der Waals surface area contributed by atoms with Crippen LogP contribution in [0.5, 0.6) is 0 Å². The van der Waals surface area contributed by atoms with Crippen LogP contribution in [0.1, 0.15) is 15.9 Å². The number of hydrogen-bond acceptors (Lipinski definition) is 4. The molecule has 102 valence electrons. The van der Waals surface area contributed by atoms with Crippen molar-refractivity contribution >= 4 is 11.7 Å². The van der Waals surface area contributed by atoms with Gasteiger partial charge in [0.1, 0.15) is 0 Å². The summed E-state index contributed by atoms with van der Waals surface area (Å²) in [5.41, 5.74) is 9.43. The summed E-state index contributed by atoms with van der Waals surface area (Å²) in [4.78, 5) is 11.0. The van der Waals surface area contributed by atoms with Gasteiger partial charge in [0, 0.05) is 11.1 Å². The number of hydroxylamine groups is 1. The first-order chi connectivity index (χ1) is 9.65. The molecular formula is C14H12N3O3-. The fourth-order valence-electron chi connectivity index (χ4n) is 1.78. The minimum absolute atomic E-state index is 0.152. The van der Waals surface area contributed by atoms with Gasteiger partial charge in [-0.2, -0.15) is 0 Å². The van der Waals surface area contributed by atoms with Crippen LogP contribution in [0.4, 0.5) is 0 Å². The molecule has 0 aliphatic heterocycles. The van der Waals surface area contributed by atoms with Crippen molar-refractivity contribution in [3.05, 3.63) is 64.9 Å². The second-order valence-corrected chi connectivity index (χ2v) is 4.07. The Hall–Kier alpha value is -2.86. The predicted molar refractivity (Wildman–Crippen MR) is 75.2 cm³/mol. The summed E-state index contributed by atoms with van der Waals surface area (Å²) in [5.74, 6) is -0.627. The largest absolute Gasteiger partial charge is 0.760 e. The molecule has 0 radical (unpaired) electrons. The zero-order valence-corrected chi connectivity index (χ0v) is 10.4. The van der Waals surface area contributed by atoms with Crippen LogP contribution >= 0.6 is 0 Å². The molecule has 2 rings (SSSR count). The Labute approximate surface area is 115 Å². The van der Waals surface area contributed by atoms with Gasteiger partial charge in [0.2, 0.25) is 5.91 Å². The molecule has 0 aliphatic carbocycles. The molecule has 4 N–H and O–H groups in total. The lowest BCUT2D eigenvalue weighted by molar-refractivity contribution is 0.100. The molecule has 0 atom stereocenters. The summed E-state index contributed by atoms with van der Waals surface area (Å²) >= 11 is 0. The lowest BCUT2D eigenvalue weighted by Gasteiger charge is -2.11. The number of hydrogen-bond donors (Lipinski definition) is 3. The number of primary amides is 1. The van der Waals surface area contributed by atoms with Gasteiger partial charge in [-0.15, -0.1) is 0 Å². The monoisotopic (exact) mass is 270 g/mol. The van der Waals surface area contributed by atoms with Crippen molar-refractivity contribution in [2.75, 3.05) is 0 Å². The van der Waals surface area contributed by atoms with Crippen molar-refractivity contribution in [3.8, 4) is 11.1 Å². The molecule has 2 aromatic carbocycles. The number of nitrogens with one attached hydrogen (secondary N) is 1. The minimum atomic E-state index is -0.475. The van der Waals surface area contributed by atoms with Crippen molar-refractivity contribution in [2.45, 2.75) is 0 Å². The second-order valence-electron chi connectivity index (χ2n) is 4.07. The molecule has 0 unspecified atom stereocenters. The molecule has 1 amide bonds. The summed E-state index contributed by atoms with van der Waals surface area (Å²) in [6.45, 7) is 0. The zero-order chi connectivity index (χ0) is 14.5. The highest BCUT2D eigenvalue weighted by molar-refractivity contribution is 5.99. The molecule has 0 aliphatic rings. The molecular weight excluding hydrogens is 258 g/mol. The number of nitrogens with two attached hydrogens (primary N) is 1. The summed E-state index contributed by atoms with van der Waals surface area (Å²) in [6.07, 6.45) is 0. The molecule has 0 saturated heterocycles. The SMILES string of the molecule is NC(=O)c1ccc(-c2ccc(/C(=N\O)N[O-])cc2)cc1. The van der Waals surface area contributed by atoms with Gasteiger partial charge in [-0.05, 0) is 23.3 Å². The van der Waals surface area contributed by atoms with Gasteiger partial charge in [-0.25, -0.2) is 0 Å². The number of amides is 1. The third-order valence-corrected chi connectivity index (χ3v) is 2.86. The lowest BCUT2D eigenvalue weighted by Crippen LogP contribution is -2.17. The van der Waals surface area contributed by atoms with E-state index in [9.17, 15) is 10.0 Å². The van der Waals surface area contributed by atoms with E-state index in [0.29, 0.717) is 11.1 Å². The maximum Gasteiger partial charge on any atom is 0.248 e. The van der Waals surface area contributed by atoms with Crippen LogP contribution in [0.3, 0.4) is 0 Å². The van der Waals surface area contributed by atoms with E-state index in [-0.39, 0.29) is 5.84 Å². The first-order valence-corrected chi connectivity index (χ1v) is 5.76. The average molecular weight is 270 g/mol. The quantitative estimate of drug-likeness (QED) is 0.341. The summed E-state index contributed by atoms with van der Waals surface area (Å²) < 4.78 is 0. The van der Waals surface area contributed by atoms with E-state index in [4.69, 9.17) is 10.9 Å². The molecule has 20 heavy (non-hydrogen) atoms. The Bertz CT molecular complexity index is 634. The average Bonchev–Trinajstić information content (AvgIpc) is 2.49. The fraction of sp³-hybridized carbons (Fsp3) is 0. The van der Waals surface area contributed by atoms with Gasteiger partial charge in [0.05, 0.1) is 0 Å². The smallest absolute Gasteiger partial charge is 0.248 e. The van der Waals surface area contributed by atoms with Gasteiger partial charge in [-0.3, -0.25) is 4.79 Å². The standard InChI is InChI=1S/C14H12N3O3/c15-13(18)11-5-1-9(2-6-11)10-3-7-12(8-4-10)14(16-19)17-20/h1-8H,(H4-,15,16,17,18,19,20)/q-1. The molecule has 0 aromatic heterocycles. The number of amidine groups is 1. The van der Waals surface area contributed by atoms with Crippen molar-refractivity contribution in [1.82, 2.24) is 5.48 Å². The Morgan fingerprint density at radius 1 is 1.00 bits per heavy atom. The Morgan fingerprint density at radius 3 is 1.80 bits per heavy atom. The first-order valence-electron chi connectivity index (χ1n) is 5.76. The van der Waals surface area contributed by atoms with E-state index in [1.165, 1.54) is 0 Å². The molecule has 0 bridgehead atoms. The molecule has 0 fully saturated rings. The van der Waals surface area contributed by atoms with Crippen LogP contribution in [-0.4, -0.2) is 17.0 Å². The van der Waals surface area contributed by atoms with Gasteiger partial charge >= 0.3 is 0 Å². The molecule has 0 spiro atoms. The van der Waals surface area contributed by atoms with Crippen LogP contribution < -0.4 is 11.2 Å².